The van der Waals surface area contributed by atoms with Gasteiger partial charge in [-0.3, -0.25) is 0 Å². The van der Waals surface area contributed by atoms with Crippen LogP contribution in [0.3, 0.4) is 0 Å². The van der Waals surface area contributed by atoms with E-state index >= 15 is 0 Å². The number of hydrogen-bond acceptors (Lipinski definition) is 8. The van der Waals surface area contributed by atoms with E-state index in [1.807, 2.05) is 36.4 Å². The fourth-order valence-corrected chi connectivity index (χ4v) is 8.87. The molecule has 59 heavy (non-hydrogen) atoms. The minimum atomic E-state index is -0.916. The molecule has 0 amide bonds. The van der Waals surface area contributed by atoms with E-state index in [0.717, 1.165) is 45.4 Å². The molecule has 9 rings (SSSR count). The molecule has 1 fully saturated rings. The molecule has 1 aliphatic carbocycles. The van der Waals surface area contributed by atoms with Crippen molar-refractivity contribution >= 4 is 34.8 Å². The zero-order chi connectivity index (χ0) is 40.1. The Bertz CT molecular complexity index is 2420. The molecule has 0 bridgehead atoms. The van der Waals surface area contributed by atoms with E-state index < -0.39 is 11.2 Å². The van der Waals surface area contributed by atoms with E-state index in [-0.39, 0.29) is 29.7 Å². The first-order valence-corrected chi connectivity index (χ1v) is 20.3. The number of nitrogen functional groups attached to an aromatic ring is 1. The first-order valence-electron chi connectivity index (χ1n) is 19.8. The minimum Gasteiger partial charge on any atom is -0.420 e. The molecule has 8 aromatic rings. The van der Waals surface area contributed by atoms with Gasteiger partial charge in [0.15, 0.2) is 22.5 Å². The van der Waals surface area contributed by atoms with Crippen molar-refractivity contribution in [2.45, 2.75) is 23.7 Å². The standard InChI is InChI=1S/C50H43N5O3S/c51-46-45-47(54-48(53-46)56-35-59)55(34-52-45)44-31-36(32-57-49(37-19-7-1-8-20-37,38-21-9-2-10-22-38)39-23-11-3-12-24-39)43(44)33-58-50(40-25-13-4-14-26-40,41-27-15-5-16-28-41)42-29-17-6-18-30-42/h1-30,34-36,43-44H,31-33H2,(H2,51,53,54)/t36-,43-,44-/m1/s1. The summed E-state index contributed by atoms with van der Waals surface area (Å²) in [7, 11) is 0. The Hall–Kier alpha value is -6.52. The molecule has 2 aromatic heterocycles. The number of aromatic nitrogens is 4. The topological polar surface area (TPSA) is 97.3 Å². The number of fused-ring (bicyclic) bond motifs is 1. The van der Waals surface area contributed by atoms with Gasteiger partial charge in [-0.15, -0.1) is 0 Å². The van der Waals surface area contributed by atoms with Gasteiger partial charge in [0.1, 0.15) is 11.2 Å². The summed E-state index contributed by atoms with van der Waals surface area (Å²) in [5.41, 5.74) is 13.1. The first-order chi connectivity index (χ1) is 29.1. The first kappa shape index (κ1) is 38.0. The molecular formula is C50H43N5O3S. The number of hydrogen-bond donors (Lipinski definition) is 1. The van der Waals surface area contributed by atoms with Crippen LogP contribution in [-0.4, -0.2) is 38.3 Å². The van der Waals surface area contributed by atoms with Crippen LogP contribution >= 0.6 is 12.2 Å². The molecule has 6 aromatic carbocycles. The van der Waals surface area contributed by atoms with Gasteiger partial charge in [-0.25, -0.2) is 4.98 Å². The third-order valence-electron chi connectivity index (χ3n) is 11.7. The smallest absolute Gasteiger partial charge is 0.326 e. The lowest BCUT2D eigenvalue weighted by Gasteiger charge is -2.48. The van der Waals surface area contributed by atoms with E-state index in [9.17, 15) is 0 Å². The minimum absolute atomic E-state index is 0.0472. The highest BCUT2D eigenvalue weighted by atomic mass is 32.1. The van der Waals surface area contributed by atoms with Crippen LogP contribution in [0.25, 0.3) is 11.2 Å². The predicted molar refractivity (Wildman–Crippen MR) is 235 cm³/mol. The summed E-state index contributed by atoms with van der Waals surface area (Å²) in [5.74, 6) is 0.250. The lowest BCUT2D eigenvalue weighted by molar-refractivity contribution is -0.104. The molecule has 1 saturated carbocycles. The summed E-state index contributed by atoms with van der Waals surface area (Å²) in [6, 6.07) is 62.9. The lowest BCUT2D eigenvalue weighted by Crippen LogP contribution is -2.47. The molecule has 292 valence electrons. The van der Waals surface area contributed by atoms with Crippen LogP contribution < -0.4 is 10.5 Å². The third kappa shape index (κ3) is 7.07. The Balaban J connectivity index is 1.15. The molecule has 1 aliphatic rings. The molecule has 0 saturated heterocycles. The maximum absolute atomic E-state index is 7.54. The second kappa shape index (κ2) is 16.8. The molecule has 2 N–H and O–H groups in total. The van der Waals surface area contributed by atoms with Crippen molar-refractivity contribution in [2.24, 2.45) is 11.8 Å². The molecule has 0 spiro atoms. The number of ether oxygens (including phenoxy) is 3. The third-order valence-corrected chi connectivity index (χ3v) is 11.8. The second-order valence-corrected chi connectivity index (χ2v) is 15.0. The number of nitrogens with two attached hydrogens (primary N) is 1. The summed E-state index contributed by atoms with van der Waals surface area (Å²) in [5, 5.41) is 0. The highest BCUT2D eigenvalue weighted by Crippen LogP contribution is 2.50. The Morgan fingerprint density at radius 1 is 0.576 bits per heavy atom. The number of imidazole rings is 1. The summed E-state index contributed by atoms with van der Waals surface area (Å²) in [6.45, 7) is 0.831. The van der Waals surface area contributed by atoms with Crippen LogP contribution in [0.2, 0.25) is 0 Å². The molecular weight excluding hydrogens is 751 g/mol. The number of benzene rings is 6. The number of nitrogens with zero attached hydrogens (tertiary/aromatic N) is 4. The molecule has 0 unspecified atom stereocenters. The van der Waals surface area contributed by atoms with Gasteiger partial charge in [-0.05, 0) is 57.9 Å². The molecule has 2 heterocycles. The van der Waals surface area contributed by atoms with E-state index in [2.05, 4.69) is 160 Å². The largest absolute Gasteiger partial charge is 0.420 e. The predicted octanol–water partition coefficient (Wildman–Crippen LogP) is 9.94. The van der Waals surface area contributed by atoms with Gasteiger partial charge < -0.3 is 24.5 Å². The monoisotopic (exact) mass is 793 g/mol. The van der Waals surface area contributed by atoms with Crippen molar-refractivity contribution in [2.75, 3.05) is 18.9 Å². The van der Waals surface area contributed by atoms with Crippen molar-refractivity contribution < 1.29 is 14.2 Å². The second-order valence-electron chi connectivity index (χ2n) is 14.8. The maximum Gasteiger partial charge on any atom is 0.326 e. The maximum atomic E-state index is 7.54. The summed E-state index contributed by atoms with van der Waals surface area (Å²) >= 11 is 4.97. The normalized spacial score (nSPS) is 16.6. The average Bonchev–Trinajstić information content (AvgIpc) is 3.72. The van der Waals surface area contributed by atoms with Gasteiger partial charge in [0, 0.05) is 12.0 Å². The number of anilines is 1. The number of rotatable bonds is 15. The Labute approximate surface area is 349 Å². The molecule has 0 radical (unpaired) electrons. The summed E-state index contributed by atoms with van der Waals surface area (Å²) in [6.07, 6.45) is 2.57. The highest BCUT2D eigenvalue weighted by Gasteiger charge is 2.48. The van der Waals surface area contributed by atoms with Crippen molar-refractivity contribution in [3.05, 3.63) is 222 Å². The fourth-order valence-electron chi connectivity index (χ4n) is 8.78. The van der Waals surface area contributed by atoms with Crippen molar-refractivity contribution in [3.8, 4) is 6.01 Å². The van der Waals surface area contributed by atoms with Crippen molar-refractivity contribution in [3.63, 3.8) is 0 Å². The SMILES string of the molecule is Nc1nc(OC=S)nc2c1ncn2[C@@H]1C[C@H](COC(c2ccccc2)(c2ccccc2)c2ccccc2)[C@H]1COC(c1ccccc1)(c1ccccc1)c1ccccc1. The van der Waals surface area contributed by atoms with Gasteiger partial charge in [0.05, 0.1) is 19.5 Å². The highest BCUT2D eigenvalue weighted by molar-refractivity contribution is 7.78. The summed E-state index contributed by atoms with van der Waals surface area (Å²) < 4.78 is 22.5. The van der Waals surface area contributed by atoms with E-state index in [1.165, 1.54) is 0 Å². The van der Waals surface area contributed by atoms with Gasteiger partial charge in [-0.2, -0.15) is 9.97 Å². The summed E-state index contributed by atoms with van der Waals surface area (Å²) in [4.78, 5) is 13.7. The van der Waals surface area contributed by atoms with Crippen molar-refractivity contribution in [1.82, 2.24) is 19.5 Å². The van der Waals surface area contributed by atoms with Crippen LogP contribution in [0.4, 0.5) is 5.82 Å². The molecule has 3 atom stereocenters. The van der Waals surface area contributed by atoms with Crippen LogP contribution in [0, 0.1) is 11.8 Å². The fraction of sp³-hybridized carbons (Fsp3) is 0.160. The Morgan fingerprint density at radius 3 is 1.36 bits per heavy atom. The number of thiocarbonyl (C=S) groups is 1. The van der Waals surface area contributed by atoms with E-state index in [4.69, 9.17) is 37.1 Å². The van der Waals surface area contributed by atoms with E-state index in [1.54, 1.807) is 6.33 Å². The van der Waals surface area contributed by atoms with Gasteiger partial charge in [0.25, 0.3) is 0 Å². The molecule has 9 heteroatoms. The molecule has 0 aliphatic heterocycles. The van der Waals surface area contributed by atoms with Crippen LogP contribution in [0.5, 0.6) is 6.01 Å². The molecule has 8 nitrogen and oxygen atoms in total. The Kier molecular flexibility index (Phi) is 10.8. The quantitative estimate of drug-likeness (QED) is 0.0810. The zero-order valence-corrected chi connectivity index (χ0v) is 33.1. The van der Waals surface area contributed by atoms with E-state index in [0.29, 0.717) is 24.4 Å². The van der Waals surface area contributed by atoms with Crippen LogP contribution in [0.1, 0.15) is 45.8 Å². The lowest BCUT2D eigenvalue weighted by atomic mass is 9.69. The van der Waals surface area contributed by atoms with Crippen LogP contribution in [0.15, 0.2) is 188 Å². The van der Waals surface area contributed by atoms with Gasteiger partial charge >= 0.3 is 6.01 Å². The zero-order valence-electron chi connectivity index (χ0n) is 32.3. The van der Waals surface area contributed by atoms with Gasteiger partial charge in [0.2, 0.25) is 0 Å². The Morgan fingerprint density at radius 2 is 0.966 bits per heavy atom. The average molecular weight is 794 g/mol. The van der Waals surface area contributed by atoms with Gasteiger partial charge in [-0.1, -0.05) is 182 Å². The van der Waals surface area contributed by atoms with Crippen LogP contribution in [-0.2, 0) is 20.7 Å². The van der Waals surface area contributed by atoms with Crippen molar-refractivity contribution in [1.29, 1.82) is 0 Å².